The van der Waals surface area contributed by atoms with Crippen molar-refractivity contribution in [1.29, 1.82) is 0 Å². The van der Waals surface area contributed by atoms with Crippen molar-refractivity contribution >= 4 is 11.6 Å². The number of H-pyrrole nitrogens is 1. The summed E-state index contributed by atoms with van der Waals surface area (Å²) >= 11 is 6.07. The normalized spacial score (nSPS) is 10.1. The maximum Gasteiger partial charge on any atom is 0.248 e. The fraction of sp³-hybridized carbons (Fsp3) is 0.0833. The summed E-state index contributed by atoms with van der Waals surface area (Å²) in [7, 11) is 1.59. The molecule has 0 aliphatic heterocycles. The summed E-state index contributed by atoms with van der Waals surface area (Å²) in [6.45, 7) is 0. The third kappa shape index (κ3) is 2.09. The zero-order valence-corrected chi connectivity index (χ0v) is 9.41. The van der Waals surface area contributed by atoms with E-state index < -0.39 is 0 Å². The Hall–Kier alpha value is -1.74. The van der Waals surface area contributed by atoms with E-state index in [1.54, 1.807) is 37.6 Å². The lowest BCUT2D eigenvalue weighted by atomic mass is 10.1. The Morgan fingerprint density at radius 2 is 2.06 bits per heavy atom. The Kier molecular flexibility index (Phi) is 2.97. The van der Waals surface area contributed by atoms with Gasteiger partial charge < -0.3 is 9.72 Å². The van der Waals surface area contributed by atoms with Crippen molar-refractivity contribution in [2.24, 2.45) is 0 Å². The van der Waals surface area contributed by atoms with Gasteiger partial charge in [0.25, 0.3) is 0 Å². The van der Waals surface area contributed by atoms with Crippen molar-refractivity contribution in [1.82, 2.24) is 4.98 Å². The standard InChI is InChI=1S/C12H10ClNO2/c1-16-9-2-3-11(13)10(7-9)8-4-5-14-12(15)6-8/h2-7H,1H3,(H,14,15). The number of nitrogens with one attached hydrogen (secondary N) is 1. The zero-order chi connectivity index (χ0) is 11.5. The largest absolute Gasteiger partial charge is 0.497 e. The molecule has 3 nitrogen and oxygen atoms in total. The second-order valence-electron chi connectivity index (χ2n) is 3.29. The van der Waals surface area contributed by atoms with E-state index in [0.717, 1.165) is 11.1 Å². The van der Waals surface area contributed by atoms with Gasteiger partial charge in [0, 0.05) is 22.8 Å². The lowest BCUT2D eigenvalue weighted by molar-refractivity contribution is 0.415. The van der Waals surface area contributed by atoms with Crippen molar-refractivity contribution < 1.29 is 4.74 Å². The lowest BCUT2D eigenvalue weighted by Crippen LogP contribution is -2.02. The molecule has 4 heteroatoms. The molecule has 0 spiro atoms. The summed E-state index contributed by atoms with van der Waals surface area (Å²) in [5, 5.41) is 0.589. The topological polar surface area (TPSA) is 42.1 Å². The number of halogens is 1. The van der Waals surface area contributed by atoms with Gasteiger partial charge in [-0.2, -0.15) is 0 Å². The predicted molar refractivity (Wildman–Crippen MR) is 64.1 cm³/mol. The number of methoxy groups -OCH3 is 1. The van der Waals surface area contributed by atoms with Gasteiger partial charge in [-0.1, -0.05) is 11.6 Å². The minimum Gasteiger partial charge on any atom is -0.497 e. The first kappa shape index (κ1) is 10.8. The van der Waals surface area contributed by atoms with Gasteiger partial charge in [0.2, 0.25) is 5.56 Å². The number of benzene rings is 1. The monoisotopic (exact) mass is 235 g/mol. The van der Waals surface area contributed by atoms with E-state index in [4.69, 9.17) is 16.3 Å². The highest BCUT2D eigenvalue weighted by Gasteiger charge is 2.05. The molecule has 82 valence electrons. The van der Waals surface area contributed by atoms with Gasteiger partial charge >= 0.3 is 0 Å². The van der Waals surface area contributed by atoms with Crippen molar-refractivity contribution in [2.75, 3.05) is 7.11 Å². The Balaban J connectivity index is 2.58. The minimum atomic E-state index is -0.156. The summed E-state index contributed by atoms with van der Waals surface area (Å²) in [5.41, 5.74) is 1.40. The fourth-order valence-electron chi connectivity index (χ4n) is 1.46. The van der Waals surface area contributed by atoms with Crippen molar-refractivity contribution in [3.05, 3.63) is 51.9 Å². The summed E-state index contributed by atoms with van der Waals surface area (Å²) in [6, 6.07) is 8.62. The van der Waals surface area contributed by atoms with Crippen LogP contribution in [0.3, 0.4) is 0 Å². The molecule has 2 rings (SSSR count). The van der Waals surface area contributed by atoms with Crippen molar-refractivity contribution in [3.8, 4) is 16.9 Å². The molecule has 16 heavy (non-hydrogen) atoms. The number of hydrogen-bond acceptors (Lipinski definition) is 2. The van der Waals surface area contributed by atoms with E-state index in [1.165, 1.54) is 6.07 Å². The second-order valence-corrected chi connectivity index (χ2v) is 3.69. The molecule has 0 aliphatic carbocycles. The van der Waals surface area contributed by atoms with Gasteiger partial charge in [0.05, 0.1) is 7.11 Å². The van der Waals surface area contributed by atoms with E-state index in [0.29, 0.717) is 10.8 Å². The molecule has 0 bridgehead atoms. The molecule has 2 aromatic rings. The molecular weight excluding hydrogens is 226 g/mol. The summed E-state index contributed by atoms with van der Waals surface area (Å²) < 4.78 is 5.12. The predicted octanol–water partition coefficient (Wildman–Crippen LogP) is 2.70. The highest BCUT2D eigenvalue weighted by Crippen LogP contribution is 2.30. The van der Waals surface area contributed by atoms with Crippen LogP contribution in [0.15, 0.2) is 41.3 Å². The average Bonchev–Trinajstić information content (AvgIpc) is 2.30. The van der Waals surface area contributed by atoms with E-state index in [9.17, 15) is 4.79 Å². The third-order valence-electron chi connectivity index (χ3n) is 2.26. The zero-order valence-electron chi connectivity index (χ0n) is 8.66. The lowest BCUT2D eigenvalue weighted by Gasteiger charge is -2.06. The molecule has 0 aliphatic rings. The minimum absolute atomic E-state index is 0.156. The van der Waals surface area contributed by atoms with Crippen LogP contribution in [0.2, 0.25) is 5.02 Å². The molecule has 1 aromatic carbocycles. The summed E-state index contributed by atoms with van der Waals surface area (Å²) in [4.78, 5) is 13.8. The quantitative estimate of drug-likeness (QED) is 0.870. The fourth-order valence-corrected chi connectivity index (χ4v) is 1.69. The van der Waals surface area contributed by atoms with Crippen LogP contribution in [0.25, 0.3) is 11.1 Å². The molecule has 1 heterocycles. The number of ether oxygens (including phenoxy) is 1. The number of pyridine rings is 1. The van der Waals surface area contributed by atoms with Gasteiger partial charge in [-0.3, -0.25) is 4.79 Å². The van der Waals surface area contributed by atoms with Crippen LogP contribution in [0.4, 0.5) is 0 Å². The van der Waals surface area contributed by atoms with Crippen LogP contribution >= 0.6 is 11.6 Å². The maximum atomic E-state index is 11.2. The van der Waals surface area contributed by atoms with Gasteiger partial charge in [0.15, 0.2) is 0 Å². The maximum absolute atomic E-state index is 11.2. The third-order valence-corrected chi connectivity index (χ3v) is 2.59. The first-order valence-corrected chi connectivity index (χ1v) is 5.11. The van der Waals surface area contributed by atoms with E-state index >= 15 is 0 Å². The number of rotatable bonds is 2. The van der Waals surface area contributed by atoms with E-state index in [-0.39, 0.29) is 5.56 Å². The van der Waals surface area contributed by atoms with Gasteiger partial charge in [0.1, 0.15) is 5.75 Å². The van der Waals surface area contributed by atoms with Crippen molar-refractivity contribution in [3.63, 3.8) is 0 Å². The number of hydrogen-bond donors (Lipinski definition) is 1. The Morgan fingerprint density at radius 3 is 2.75 bits per heavy atom. The second kappa shape index (κ2) is 4.41. The molecular formula is C12H10ClNO2. The number of aromatic nitrogens is 1. The van der Waals surface area contributed by atoms with E-state index in [1.807, 2.05) is 0 Å². The molecule has 1 N–H and O–H groups in total. The van der Waals surface area contributed by atoms with Crippen molar-refractivity contribution in [2.45, 2.75) is 0 Å². The van der Waals surface area contributed by atoms with Gasteiger partial charge in [-0.25, -0.2) is 0 Å². The number of aromatic amines is 1. The molecule has 1 aromatic heterocycles. The molecule has 0 unspecified atom stereocenters. The highest BCUT2D eigenvalue weighted by molar-refractivity contribution is 6.33. The molecule has 0 fully saturated rings. The van der Waals surface area contributed by atoms with Crippen LogP contribution in [0, 0.1) is 0 Å². The van der Waals surface area contributed by atoms with Gasteiger partial charge in [-0.15, -0.1) is 0 Å². The first-order chi connectivity index (χ1) is 7.70. The van der Waals surface area contributed by atoms with Crippen LogP contribution in [0.1, 0.15) is 0 Å². The van der Waals surface area contributed by atoms with Crippen LogP contribution in [-0.2, 0) is 0 Å². The van der Waals surface area contributed by atoms with E-state index in [2.05, 4.69) is 4.98 Å². The Bertz CT molecular complexity index is 563. The van der Waals surface area contributed by atoms with Crippen LogP contribution in [0.5, 0.6) is 5.75 Å². The molecule has 0 saturated heterocycles. The van der Waals surface area contributed by atoms with Gasteiger partial charge in [-0.05, 0) is 29.8 Å². The molecule has 0 saturated carbocycles. The highest BCUT2D eigenvalue weighted by atomic mass is 35.5. The summed E-state index contributed by atoms with van der Waals surface area (Å²) in [5.74, 6) is 0.708. The Labute approximate surface area is 97.7 Å². The smallest absolute Gasteiger partial charge is 0.248 e. The molecule has 0 amide bonds. The van der Waals surface area contributed by atoms with Crippen LogP contribution < -0.4 is 10.3 Å². The first-order valence-electron chi connectivity index (χ1n) is 4.73. The Morgan fingerprint density at radius 1 is 1.25 bits per heavy atom. The summed E-state index contributed by atoms with van der Waals surface area (Å²) in [6.07, 6.45) is 1.59. The molecule has 0 atom stereocenters. The average molecular weight is 236 g/mol. The SMILES string of the molecule is COc1ccc(Cl)c(-c2cc[nH]c(=O)c2)c1. The van der Waals surface area contributed by atoms with Crippen LogP contribution in [-0.4, -0.2) is 12.1 Å². The molecule has 0 radical (unpaired) electrons.